The van der Waals surface area contributed by atoms with Gasteiger partial charge < -0.3 is 125 Å². The Kier molecular flexibility index (Phi) is 17.5. The fourth-order valence-corrected chi connectivity index (χ4v) is 7.68. The van der Waals surface area contributed by atoms with Crippen LogP contribution in [0.1, 0.15) is 20.8 Å². The van der Waals surface area contributed by atoms with E-state index in [0.717, 1.165) is 13.8 Å². The Labute approximate surface area is 346 Å². The first-order chi connectivity index (χ1) is 28.7. The summed E-state index contributed by atoms with van der Waals surface area (Å²) in [7, 11) is 0. The molecule has 5 aliphatic rings. The number of ether oxygens (including phenoxy) is 9. The molecule has 5 saturated heterocycles. The second-order valence-corrected chi connectivity index (χ2v) is 15.4. The van der Waals surface area contributed by atoms with Gasteiger partial charge in [0.15, 0.2) is 31.5 Å². The SMILES string of the molecule is CC(=O)N[C@@H]1[C@@H](O)[C@H](O[C@@H]2O[C@H](CO)[C@@H](O[C@@H]3O[C@H](CO)[C@@H](O)[C@H](O[C@@H]4O[C@H](CO)[C@@H](O)[C@H](O)[C@@H]4O)[C@@H]3O)[C@H](O)[C@H]2NC(C)=O)[C@@H](CO[C@H]2O[C@@H](C)[C@@H](O)[C@@H](O)[C@@H]2O)O[C@H]1O. The van der Waals surface area contributed by atoms with E-state index in [1.807, 2.05) is 0 Å². The maximum absolute atomic E-state index is 12.5. The molecule has 5 heterocycles. The predicted octanol–water partition coefficient (Wildman–Crippen LogP) is -10.6. The van der Waals surface area contributed by atoms with Crippen molar-refractivity contribution in [1.29, 1.82) is 0 Å². The lowest BCUT2D eigenvalue weighted by atomic mass is 9.94. The highest BCUT2D eigenvalue weighted by Gasteiger charge is 2.56. The Bertz CT molecular complexity index is 1420. The quantitative estimate of drug-likeness (QED) is 0.0770. The summed E-state index contributed by atoms with van der Waals surface area (Å²) in [5.74, 6) is -1.51. The number of amides is 2. The first kappa shape index (κ1) is 50.0. The number of aliphatic hydroxyl groups is 14. The second-order valence-electron chi connectivity index (χ2n) is 15.4. The molecule has 2 amide bonds. The normalized spacial score (nSPS) is 49.6. The number of carbonyl (C=O) groups is 2. The van der Waals surface area contributed by atoms with Crippen LogP contribution in [0.4, 0.5) is 0 Å². The van der Waals surface area contributed by atoms with Crippen LogP contribution in [0.2, 0.25) is 0 Å². The maximum Gasteiger partial charge on any atom is 0.217 e. The van der Waals surface area contributed by atoms with Crippen LogP contribution in [0, 0.1) is 0 Å². The highest BCUT2D eigenvalue weighted by molar-refractivity contribution is 5.73. The zero-order valence-corrected chi connectivity index (χ0v) is 33.0. The molecule has 5 fully saturated rings. The lowest BCUT2D eigenvalue weighted by Crippen LogP contribution is -2.70. The van der Waals surface area contributed by atoms with Crippen molar-refractivity contribution >= 4 is 11.8 Å². The molecule has 0 saturated carbocycles. The van der Waals surface area contributed by atoms with Gasteiger partial charge in [0.1, 0.15) is 116 Å². The lowest BCUT2D eigenvalue weighted by molar-refractivity contribution is -0.380. The zero-order chi connectivity index (χ0) is 45.2. The van der Waals surface area contributed by atoms with E-state index < -0.39 is 192 Å². The number of hydrogen-bond acceptors (Lipinski definition) is 25. The largest absolute Gasteiger partial charge is 0.394 e. The third-order valence-electron chi connectivity index (χ3n) is 11.1. The minimum atomic E-state index is -2.09. The van der Waals surface area contributed by atoms with Crippen molar-refractivity contribution in [3.63, 3.8) is 0 Å². The molecule has 0 aromatic carbocycles. The Morgan fingerprint density at radius 1 is 0.459 bits per heavy atom. The Morgan fingerprint density at radius 3 is 1.51 bits per heavy atom. The average molecular weight is 895 g/mol. The molecule has 0 unspecified atom stereocenters. The maximum atomic E-state index is 12.5. The van der Waals surface area contributed by atoms with Crippen molar-refractivity contribution in [2.24, 2.45) is 0 Å². The first-order valence-electron chi connectivity index (χ1n) is 19.4. The van der Waals surface area contributed by atoms with Crippen molar-refractivity contribution in [2.75, 3.05) is 26.4 Å². The van der Waals surface area contributed by atoms with Crippen LogP contribution in [0.3, 0.4) is 0 Å². The van der Waals surface area contributed by atoms with E-state index in [0.29, 0.717) is 0 Å². The van der Waals surface area contributed by atoms with Crippen LogP contribution in [0.5, 0.6) is 0 Å². The molecule has 0 spiro atoms. The molecule has 5 aliphatic heterocycles. The molecule has 0 aliphatic carbocycles. The monoisotopic (exact) mass is 894 g/mol. The second kappa shape index (κ2) is 21.3. The number of hydrogen-bond donors (Lipinski definition) is 16. The zero-order valence-electron chi connectivity index (χ0n) is 33.0. The van der Waals surface area contributed by atoms with Gasteiger partial charge in [0.2, 0.25) is 11.8 Å². The van der Waals surface area contributed by atoms with Crippen molar-refractivity contribution in [3.8, 4) is 0 Å². The van der Waals surface area contributed by atoms with E-state index in [1.54, 1.807) is 0 Å². The summed E-state index contributed by atoms with van der Waals surface area (Å²) in [6.07, 6.45) is -40.3. The Morgan fingerprint density at radius 2 is 0.918 bits per heavy atom. The molecule has 0 radical (unpaired) electrons. The lowest BCUT2D eigenvalue weighted by Gasteiger charge is -2.50. The van der Waals surface area contributed by atoms with E-state index in [9.17, 15) is 81.1 Å². The smallest absolute Gasteiger partial charge is 0.217 e. The molecule has 25 atom stereocenters. The number of aliphatic hydroxyl groups excluding tert-OH is 14. The summed E-state index contributed by atoms with van der Waals surface area (Å²) in [5, 5.41) is 153. The van der Waals surface area contributed by atoms with Crippen LogP contribution < -0.4 is 10.6 Å². The summed E-state index contributed by atoms with van der Waals surface area (Å²) in [6, 6.07) is -3.25. The van der Waals surface area contributed by atoms with Crippen LogP contribution >= 0.6 is 0 Å². The average Bonchev–Trinajstić information content (AvgIpc) is 3.21. The van der Waals surface area contributed by atoms with Gasteiger partial charge in [-0.1, -0.05) is 0 Å². The van der Waals surface area contributed by atoms with Crippen LogP contribution in [-0.2, 0) is 52.2 Å². The third kappa shape index (κ3) is 10.9. The van der Waals surface area contributed by atoms with Crippen LogP contribution in [-0.4, -0.2) is 263 Å². The van der Waals surface area contributed by atoms with Gasteiger partial charge in [-0.3, -0.25) is 9.59 Å². The molecule has 0 bridgehead atoms. The van der Waals surface area contributed by atoms with Crippen molar-refractivity contribution < 1.29 is 124 Å². The van der Waals surface area contributed by atoms with Crippen molar-refractivity contribution in [3.05, 3.63) is 0 Å². The molecular formula is C34H58N2O25. The fraction of sp³-hybridized carbons (Fsp3) is 0.941. The summed E-state index contributed by atoms with van der Waals surface area (Å²) < 4.78 is 51.0. The van der Waals surface area contributed by atoms with E-state index in [-0.39, 0.29) is 0 Å². The number of carbonyl (C=O) groups excluding carboxylic acids is 2. The minimum absolute atomic E-state index is 0.681. The molecule has 5 rings (SSSR count). The van der Waals surface area contributed by atoms with Crippen molar-refractivity contribution in [1.82, 2.24) is 10.6 Å². The molecule has 27 nitrogen and oxygen atoms in total. The molecule has 0 aromatic heterocycles. The highest BCUT2D eigenvalue weighted by atomic mass is 16.8. The van der Waals surface area contributed by atoms with Crippen molar-refractivity contribution in [2.45, 2.75) is 174 Å². The molecule has 27 heteroatoms. The van der Waals surface area contributed by atoms with Gasteiger partial charge in [0, 0.05) is 13.8 Å². The molecule has 61 heavy (non-hydrogen) atoms. The summed E-state index contributed by atoms with van der Waals surface area (Å²) in [5.41, 5.74) is 0. The van der Waals surface area contributed by atoms with Gasteiger partial charge in [0.05, 0.1) is 32.5 Å². The van der Waals surface area contributed by atoms with Gasteiger partial charge in [-0.2, -0.15) is 0 Å². The van der Waals surface area contributed by atoms with Crippen LogP contribution in [0.25, 0.3) is 0 Å². The predicted molar refractivity (Wildman–Crippen MR) is 188 cm³/mol. The fourth-order valence-electron chi connectivity index (χ4n) is 7.68. The van der Waals surface area contributed by atoms with Gasteiger partial charge in [-0.05, 0) is 6.92 Å². The summed E-state index contributed by atoms with van der Waals surface area (Å²) in [4.78, 5) is 24.5. The van der Waals surface area contributed by atoms with Crippen LogP contribution in [0.15, 0.2) is 0 Å². The Hall–Kier alpha value is -1.98. The first-order valence-corrected chi connectivity index (χ1v) is 19.4. The molecule has 0 aromatic rings. The number of rotatable bonds is 14. The van der Waals surface area contributed by atoms with E-state index in [2.05, 4.69) is 10.6 Å². The summed E-state index contributed by atoms with van der Waals surface area (Å²) >= 11 is 0. The number of nitrogens with one attached hydrogen (secondary N) is 2. The minimum Gasteiger partial charge on any atom is -0.394 e. The Balaban J connectivity index is 1.37. The molecule has 16 N–H and O–H groups in total. The van der Waals surface area contributed by atoms with Gasteiger partial charge >= 0.3 is 0 Å². The van der Waals surface area contributed by atoms with Gasteiger partial charge in [0.25, 0.3) is 0 Å². The molecule has 354 valence electrons. The van der Waals surface area contributed by atoms with Gasteiger partial charge in [-0.25, -0.2) is 0 Å². The van der Waals surface area contributed by atoms with E-state index in [4.69, 9.17) is 42.6 Å². The standard InChI is InChI=1S/C34H58N2O25/c1-8-17(42)22(47)24(49)32(54-8)53-7-14-28(20(45)15(30(52)55-14)35-9(2)40)59-31-16(36-10(3)41)21(46)27(13(6-39)58-31)60-34-26(51)29(19(44)12(5-38)57-34)61-33-25(50)23(48)18(43)11(4-37)56-33/h8,11-34,37-39,42-52H,4-7H2,1-3H3,(H,35,40)(H,36,41)/t8-,11+,12+,13+,14+,15+,16+,17+,18+,19+,20+,21+,22+,23-,24-,25-,26-,27+,28+,29-,30+,31-,32-,33-,34-/m0/s1. The molecular weight excluding hydrogens is 836 g/mol. The van der Waals surface area contributed by atoms with Gasteiger partial charge in [-0.15, -0.1) is 0 Å². The van der Waals surface area contributed by atoms with E-state index >= 15 is 0 Å². The summed E-state index contributed by atoms with van der Waals surface area (Å²) in [6.45, 7) is 0.0652. The van der Waals surface area contributed by atoms with E-state index in [1.165, 1.54) is 6.92 Å². The highest BCUT2D eigenvalue weighted by Crippen LogP contribution is 2.35. The topological polar surface area (TPSA) is 424 Å². The third-order valence-corrected chi connectivity index (χ3v) is 11.1.